The number of nitrogens with one attached hydrogen (secondary N) is 2. The van der Waals surface area contributed by atoms with Crippen molar-refractivity contribution in [2.24, 2.45) is 0 Å². The van der Waals surface area contributed by atoms with Gasteiger partial charge in [0.05, 0.1) is 44.2 Å². The predicted octanol–water partition coefficient (Wildman–Crippen LogP) is 7.21. The summed E-state index contributed by atoms with van der Waals surface area (Å²) in [6.07, 6.45) is 1.77. The summed E-state index contributed by atoms with van der Waals surface area (Å²) < 4.78 is 7.01. The van der Waals surface area contributed by atoms with Gasteiger partial charge in [0.2, 0.25) is 5.91 Å². The molecule has 1 aliphatic heterocycles. The van der Waals surface area contributed by atoms with Gasteiger partial charge in [0.15, 0.2) is 5.11 Å². The largest absolute Gasteiger partial charge is 0.375 e. The number of carbonyl (C=O) groups is 1. The minimum atomic E-state index is -0.296. The molecule has 0 radical (unpaired) electrons. The molecule has 0 bridgehead atoms. The summed E-state index contributed by atoms with van der Waals surface area (Å²) in [6.45, 7) is 4.01. The first-order valence-electron chi connectivity index (χ1n) is 12.4. The quantitative estimate of drug-likeness (QED) is 0.214. The zero-order valence-corrected chi connectivity index (χ0v) is 25.0. The molecule has 5 rings (SSSR count). The molecule has 0 saturated carbocycles. The van der Waals surface area contributed by atoms with Crippen LogP contribution < -0.4 is 15.5 Å². The number of rotatable bonds is 7. The van der Waals surface area contributed by atoms with Crippen LogP contribution in [0.3, 0.4) is 0 Å². The van der Waals surface area contributed by atoms with Gasteiger partial charge in [-0.1, -0.05) is 46.9 Å². The van der Waals surface area contributed by atoms with E-state index in [9.17, 15) is 4.79 Å². The lowest BCUT2D eigenvalue weighted by molar-refractivity contribution is -0.119. The van der Waals surface area contributed by atoms with Crippen LogP contribution in [-0.2, 0) is 9.53 Å². The predicted molar refractivity (Wildman–Crippen MR) is 165 cm³/mol. The molecule has 1 aliphatic rings. The normalized spacial score (nSPS) is 16.8. The number of thiocarbonyl (C=S) groups is 1. The molecular weight excluding hydrogens is 589 g/mol. The fourth-order valence-electron chi connectivity index (χ4n) is 5.14. The molecule has 2 atom stereocenters. The third-order valence-electron chi connectivity index (χ3n) is 6.84. The molecule has 206 valence electrons. The number of ether oxygens (including phenoxy) is 1. The van der Waals surface area contributed by atoms with Gasteiger partial charge in [-0.25, -0.2) is 0 Å². The first-order valence-corrected chi connectivity index (χ1v) is 14.0. The topological polar surface area (TPSA) is 71.4 Å². The highest BCUT2D eigenvalue weighted by atomic mass is 35.5. The lowest BCUT2D eigenvalue weighted by Crippen LogP contribution is -2.29. The van der Waals surface area contributed by atoms with Crippen LogP contribution in [0.25, 0.3) is 5.69 Å². The lowest BCUT2D eigenvalue weighted by Gasteiger charge is -2.28. The fourth-order valence-corrected chi connectivity index (χ4v) is 6.09. The van der Waals surface area contributed by atoms with Gasteiger partial charge in [-0.05, 0) is 80.2 Å². The van der Waals surface area contributed by atoms with Gasteiger partial charge in [-0.15, -0.1) is 0 Å². The Hall–Kier alpha value is -3.14. The molecule has 0 aliphatic carbocycles. The van der Waals surface area contributed by atoms with E-state index in [4.69, 9.17) is 51.8 Å². The van der Waals surface area contributed by atoms with Crippen molar-refractivity contribution in [2.75, 3.05) is 23.9 Å². The van der Waals surface area contributed by atoms with Crippen LogP contribution in [0.5, 0.6) is 0 Å². The maximum absolute atomic E-state index is 12.1. The zero-order valence-electron chi connectivity index (χ0n) is 21.9. The molecular formula is C29H26Cl3N5O2S. The smallest absolute Gasteiger partial charge is 0.250 e. The van der Waals surface area contributed by atoms with Crippen LogP contribution in [0.4, 0.5) is 11.4 Å². The van der Waals surface area contributed by atoms with Crippen LogP contribution in [0, 0.1) is 13.8 Å². The number of halogens is 3. The van der Waals surface area contributed by atoms with E-state index in [0.29, 0.717) is 25.9 Å². The maximum Gasteiger partial charge on any atom is 0.250 e. The summed E-state index contributed by atoms with van der Waals surface area (Å²) in [4.78, 5) is 18.7. The van der Waals surface area contributed by atoms with Crippen molar-refractivity contribution in [3.05, 3.63) is 105 Å². The molecule has 1 amide bonds. The molecule has 2 aromatic heterocycles. The molecule has 1 fully saturated rings. The summed E-state index contributed by atoms with van der Waals surface area (Å²) in [5, 5.41) is 8.11. The fraction of sp³-hybridized carbons (Fsp3) is 0.207. The highest BCUT2D eigenvalue weighted by Gasteiger charge is 2.42. The first kappa shape index (κ1) is 28.4. The maximum atomic E-state index is 12.1. The third-order valence-corrected chi connectivity index (χ3v) is 8.28. The Balaban J connectivity index is 1.63. The number of aryl methyl sites for hydroxylation is 1. The third kappa shape index (κ3) is 5.30. The summed E-state index contributed by atoms with van der Waals surface area (Å²) in [6, 6.07) is 18.4. The second-order valence-electron chi connectivity index (χ2n) is 9.38. The number of nitrogens with zero attached hydrogens (tertiary/aromatic N) is 3. The summed E-state index contributed by atoms with van der Waals surface area (Å²) in [7, 11) is 1.46. The van der Waals surface area contributed by atoms with E-state index in [-0.39, 0.29) is 24.6 Å². The minimum absolute atomic E-state index is 0.0711. The van der Waals surface area contributed by atoms with Gasteiger partial charge < -0.3 is 24.8 Å². The number of anilines is 2. The Morgan fingerprint density at radius 1 is 1.07 bits per heavy atom. The minimum Gasteiger partial charge on any atom is -0.375 e. The number of aromatic nitrogens is 2. The number of pyridine rings is 1. The number of hydrogen-bond donors (Lipinski definition) is 2. The summed E-state index contributed by atoms with van der Waals surface area (Å²) in [5.41, 5.74) is 5.90. The van der Waals surface area contributed by atoms with Gasteiger partial charge in [0.1, 0.15) is 6.61 Å². The van der Waals surface area contributed by atoms with Crippen molar-refractivity contribution < 1.29 is 9.53 Å². The van der Waals surface area contributed by atoms with Gasteiger partial charge in [-0.2, -0.15) is 0 Å². The van der Waals surface area contributed by atoms with Gasteiger partial charge >= 0.3 is 0 Å². The summed E-state index contributed by atoms with van der Waals surface area (Å²) in [5.74, 6) is -0.296. The number of hydrogen-bond acceptors (Lipinski definition) is 4. The van der Waals surface area contributed by atoms with Crippen LogP contribution in [0.1, 0.15) is 34.7 Å². The van der Waals surface area contributed by atoms with E-state index in [1.807, 2.05) is 48.2 Å². The average Bonchev–Trinajstić information content (AvgIpc) is 3.42. The molecule has 2 N–H and O–H groups in total. The number of carbonyl (C=O) groups excluding carboxylic acids is 1. The molecule has 0 spiro atoms. The molecule has 1 saturated heterocycles. The lowest BCUT2D eigenvalue weighted by atomic mass is 9.96. The first-order chi connectivity index (χ1) is 19.2. The second-order valence-corrected chi connectivity index (χ2v) is 11.0. The van der Waals surface area contributed by atoms with E-state index >= 15 is 0 Å². The van der Waals surface area contributed by atoms with Crippen molar-refractivity contribution in [1.29, 1.82) is 0 Å². The molecule has 3 heterocycles. The highest BCUT2D eigenvalue weighted by Crippen LogP contribution is 2.45. The van der Waals surface area contributed by atoms with E-state index in [0.717, 1.165) is 34.0 Å². The molecule has 11 heteroatoms. The Labute approximate surface area is 253 Å². The van der Waals surface area contributed by atoms with Crippen molar-refractivity contribution in [3.8, 4) is 5.69 Å². The Kier molecular flexibility index (Phi) is 8.35. The van der Waals surface area contributed by atoms with Crippen LogP contribution >= 0.6 is 47.0 Å². The average molecular weight is 615 g/mol. The van der Waals surface area contributed by atoms with E-state index < -0.39 is 0 Å². The van der Waals surface area contributed by atoms with E-state index in [2.05, 4.69) is 33.2 Å². The standard InChI is InChI=1S/C29H26Cl3N5O2S/c1-16-13-19(17(2)36(16)24-9-6-7-20(30)26(24)32)28-27(23-8-4-5-12-33-23)35-29(40)37(28)18-10-11-22(21(31)14-18)34-25(38)15-39-3/h4-14,27-28H,15H2,1-3H3,(H,34,38)(H,35,40)/t27-,28+/m1/s1. The number of amides is 1. The number of methoxy groups -OCH3 is 1. The van der Waals surface area contributed by atoms with Gasteiger partial charge in [0.25, 0.3) is 0 Å². The molecule has 40 heavy (non-hydrogen) atoms. The van der Waals surface area contributed by atoms with Gasteiger partial charge in [-0.3, -0.25) is 9.78 Å². The molecule has 0 unspecified atom stereocenters. The van der Waals surface area contributed by atoms with Gasteiger partial charge in [0, 0.05) is 30.4 Å². The Bertz CT molecular complexity index is 1590. The van der Waals surface area contributed by atoms with E-state index in [1.165, 1.54) is 7.11 Å². The highest BCUT2D eigenvalue weighted by molar-refractivity contribution is 7.80. The Morgan fingerprint density at radius 2 is 1.88 bits per heavy atom. The molecule has 4 aromatic rings. The zero-order chi connectivity index (χ0) is 28.6. The van der Waals surface area contributed by atoms with Crippen LogP contribution in [0.15, 0.2) is 66.9 Å². The molecule has 7 nitrogen and oxygen atoms in total. The monoisotopic (exact) mass is 613 g/mol. The SMILES string of the molecule is COCC(=O)Nc1ccc(N2C(=S)N[C@H](c3ccccn3)[C@@H]2c2cc(C)n(-c3cccc(Cl)c3Cl)c2C)cc1Cl. The van der Waals surface area contributed by atoms with E-state index in [1.54, 1.807) is 24.4 Å². The van der Waals surface area contributed by atoms with Crippen molar-refractivity contribution in [2.45, 2.75) is 25.9 Å². The summed E-state index contributed by atoms with van der Waals surface area (Å²) >= 11 is 25.5. The van der Waals surface area contributed by atoms with Crippen molar-refractivity contribution in [1.82, 2.24) is 14.9 Å². The molecule has 2 aromatic carbocycles. The van der Waals surface area contributed by atoms with Crippen molar-refractivity contribution >= 4 is 69.4 Å². The second kappa shape index (κ2) is 11.8. The van der Waals surface area contributed by atoms with Crippen LogP contribution in [-0.4, -0.2) is 34.3 Å². The van der Waals surface area contributed by atoms with Crippen LogP contribution in [0.2, 0.25) is 15.1 Å². The Morgan fingerprint density at radius 3 is 2.58 bits per heavy atom. The number of benzene rings is 2. The van der Waals surface area contributed by atoms with Crippen molar-refractivity contribution in [3.63, 3.8) is 0 Å².